The summed E-state index contributed by atoms with van der Waals surface area (Å²) < 4.78 is 32.3. The Morgan fingerprint density at radius 2 is 1.77 bits per heavy atom. The van der Waals surface area contributed by atoms with E-state index in [1.807, 2.05) is 0 Å². The molecule has 2 rings (SSSR count). The molecule has 0 aliphatic heterocycles. The maximum absolute atomic E-state index is 12.6. The van der Waals surface area contributed by atoms with Crippen LogP contribution in [0.15, 0.2) is 46.0 Å². The number of ether oxygens (including phenoxy) is 1. The second kappa shape index (κ2) is 11.5. The van der Waals surface area contributed by atoms with Gasteiger partial charge in [-0.25, -0.2) is 8.42 Å². The lowest BCUT2D eigenvalue weighted by Gasteiger charge is -2.32. The predicted octanol–water partition coefficient (Wildman–Crippen LogP) is 3.43. The summed E-state index contributed by atoms with van der Waals surface area (Å²) in [4.78, 5) is 14.6. The van der Waals surface area contributed by atoms with Gasteiger partial charge in [-0.2, -0.15) is 0 Å². The summed E-state index contributed by atoms with van der Waals surface area (Å²) in [7, 11) is -2.07. The quantitative estimate of drug-likeness (QED) is 0.517. The molecule has 2 aromatic rings. The number of anilines is 1. The van der Waals surface area contributed by atoms with Crippen molar-refractivity contribution < 1.29 is 17.9 Å². The third kappa shape index (κ3) is 6.69. The summed E-state index contributed by atoms with van der Waals surface area (Å²) in [5, 5.41) is 4.69. The summed E-state index contributed by atoms with van der Waals surface area (Å²) in [6.45, 7) is 10.9. The summed E-state index contributed by atoms with van der Waals surface area (Å²) in [6, 6.07) is 10.2. The molecule has 0 bridgehead atoms. The Balaban J connectivity index is 1.90. The van der Waals surface area contributed by atoms with Crippen LogP contribution in [0.2, 0.25) is 0 Å². The molecule has 1 atom stereocenters. The van der Waals surface area contributed by atoms with Gasteiger partial charge in [0.05, 0.1) is 5.69 Å². The molecule has 0 fully saturated rings. The molecular formula is C22H33N3O4S2. The Morgan fingerprint density at radius 3 is 2.29 bits per heavy atom. The van der Waals surface area contributed by atoms with Crippen LogP contribution in [0.4, 0.5) is 5.69 Å². The monoisotopic (exact) mass is 467 g/mol. The second-order valence-corrected chi connectivity index (χ2v) is 10.7. The maximum atomic E-state index is 12.6. The smallest absolute Gasteiger partial charge is 0.273 e. The van der Waals surface area contributed by atoms with Gasteiger partial charge in [0, 0.05) is 19.6 Å². The summed E-state index contributed by atoms with van der Waals surface area (Å²) in [5.74, 6) is 0.750. The van der Waals surface area contributed by atoms with E-state index in [-0.39, 0.29) is 22.8 Å². The van der Waals surface area contributed by atoms with Crippen LogP contribution < -0.4 is 14.4 Å². The average Bonchev–Trinajstić information content (AvgIpc) is 3.30. The fourth-order valence-electron chi connectivity index (χ4n) is 3.33. The lowest BCUT2D eigenvalue weighted by atomic mass is 10.0. The summed E-state index contributed by atoms with van der Waals surface area (Å²) in [5.41, 5.74) is 0.518. The van der Waals surface area contributed by atoms with Crippen LogP contribution in [0.3, 0.4) is 0 Å². The Morgan fingerprint density at radius 1 is 1.13 bits per heavy atom. The molecule has 0 unspecified atom stereocenters. The number of carbonyl (C=O) groups is 1. The Labute approximate surface area is 190 Å². The highest BCUT2D eigenvalue weighted by molar-refractivity contribution is 7.94. The molecular weight excluding hydrogens is 434 g/mol. The van der Waals surface area contributed by atoms with Gasteiger partial charge in [0.1, 0.15) is 9.96 Å². The van der Waals surface area contributed by atoms with Gasteiger partial charge in [0.2, 0.25) is 0 Å². The number of hydrogen-bond donors (Lipinski definition) is 1. The Bertz CT molecular complexity index is 909. The Kier molecular flexibility index (Phi) is 9.33. The molecule has 0 aliphatic carbocycles. The number of hydrogen-bond acceptors (Lipinski definition) is 6. The van der Waals surface area contributed by atoms with Crippen molar-refractivity contribution in [2.45, 2.75) is 37.9 Å². The fourth-order valence-corrected chi connectivity index (χ4v) is 5.69. The number of thiophene rings is 1. The van der Waals surface area contributed by atoms with Gasteiger partial charge >= 0.3 is 0 Å². The van der Waals surface area contributed by atoms with E-state index >= 15 is 0 Å². The lowest BCUT2D eigenvalue weighted by Crippen LogP contribution is -2.47. The van der Waals surface area contributed by atoms with Crippen molar-refractivity contribution in [3.05, 3.63) is 41.8 Å². The van der Waals surface area contributed by atoms with Crippen LogP contribution >= 0.6 is 11.3 Å². The fraction of sp³-hybridized carbons (Fsp3) is 0.500. The molecule has 0 aliphatic rings. The standard InChI is InChI=1S/C22H33N3O4S2/c1-6-25(7-2)20(17(3)4)15-23-21(26)16-29-19-12-10-18(11-13-19)24(5)31(27,28)22-9-8-14-30-22/h8-14,17,20H,6-7,15-16H2,1-5H3,(H,23,26)/t20-/m1/s1. The van der Waals surface area contributed by atoms with Crippen LogP contribution in [0.25, 0.3) is 0 Å². The van der Waals surface area contributed by atoms with Gasteiger partial charge in [-0.15, -0.1) is 11.3 Å². The molecule has 1 N–H and O–H groups in total. The second-order valence-electron chi connectivity index (χ2n) is 7.52. The number of carbonyl (C=O) groups excluding carboxylic acids is 1. The largest absolute Gasteiger partial charge is 0.484 e. The first kappa shape index (κ1) is 25.2. The number of nitrogens with zero attached hydrogens (tertiary/aromatic N) is 2. The third-order valence-corrected chi connectivity index (χ3v) is 8.40. The minimum atomic E-state index is -3.58. The Hall–Kier alpha value is -2.10. The molecule has 1 aromatic carbocycles. The number of amides is 1. The number of rotatable bonds is 12. The molecule has 0 spiro atoms. The molecule has 31 heavy (non-hydrogen) atoms. The van der Waals surface area contributed by atoms with Crippen LogP contribution in [-0.2, 0) is 14.8 Å². The van der Waals surface area contributed by atoms with E-state index in [4.69, 9.17) is 4.74 Å². The van der Waals surface area contributed by atoms with Gasteiger partial charge in [-0.05, 0) is 54.7 Å². The van der Waals surface area contributed by atoms with Crippen LogP contribution in [0, 0.1) is 5.92 Å². The molecule has 9 heteroatoms. The highest BCUT2D eigenvalue weighted by atomic mass is 32.2. The number of nitrogens with one attached hydrogen (secondary N) is 1. The van der Waals surface area contributed by atoms with Crippen molar-refractivity contribution in [1.29, 1.82) is 0 Å². The SMILES string of the molecule is CCN(CC)[C@H](CNC(=O)COc1ccc(N(C)S(=O)(=O)c2cccs2)cc1)C(C)C. The van der Waals surface area contributed by atoms with E-state index in [2.05, 4.69) is 37.9 Å². The topological polar surface area (TPSA) is 79.0 Å². The molecule has 1 heterocycles. The average molecular weight is 468 g/mol. The molecule has 0 saturated heterocycles. The summed E-state index contributed by atoms with van der Waals surface area (Å²) in [6.07, 6.45) is 0. The van der Waals surface area contributed by atoms with Gasteiger partial charge in [-0.1, -0.05) is 33.8 Å². The zero-order valence-corrected chi connectivity index (χ0v) is 20.5. The van der Waals surface area contributed by atoms with Gasteiger partial charge in [0.25, 0.3) is 15.9 Å². The van der Waals surface area contributed by atoms with Gasteiger partial charge in [-0.3, -0.25) is 14.0 Å². The first-order valence-corrected chi connectivity index (χ1v) is 12.8. The molecule has 172 valence electrons. The highest BCUT2D eigenvalue weighted by Crippen LogP contribution is 2.26. The van der Waals surface area contributed by atoms with Crippen LogP contribution in [0.5, 0.6) is 5.75 Å². The van der Waals surface area contributed by atoms with Crippen molar-refractivity contribution in [3.63, 3.8) is 0 Å². The summed E-state index contributed by atoms with van der Waals surface area (Å²) >= 11 is 1.18. The third-order valence-electron chi connectivity index (χ3n) is 5.24. The van der Waals surface area contributed by atoms with Crippen molar-refractivity contribution >= 4 is 33.0 Å². The number of sulfonamides is 1. The number of likely N-dealkylation sites (N-methyl/N-ethyl adjacent to an activating group) is 1. The van der Waals surface area contributed by atoms with E-state index in [9.17, 15) is 13.2 Å². The lowest BCUT2D eigenvalue weighted by molar-refractivity contribution is -0.123. The zero-order valence-electron chi connectivity index (χ0n) is 18.9. The normalized spacial score (nSPS) is 12.7. The van der Waals surface area contributed by atoms with Gasteiger partial charge in [0.15, 0.2) is 6.61 Å². The van der Waals surface area contributed by atoms with Crippen molar-refractivity contribution in [1.82, 2.24) is 10.2 Å². The van der Waals surface area contributed by atoms with E-state index in [1.165, 1.54) is 22.7 Å². The highest BCUT2D eigenvalue weighted by Gasteiger charge is 2.22. The maximum Gasteiger partial charge on any atom is 0.273 e. The van der Waals surface area contributed by atoms with E-state index < -0.39 is 10.0 Å². The first-order chi connectivity index (χ1) is 14.7. The zero-order chi connectivity index (χ0) is 23.0. The molecule has 1 amide bonds. The minimum absolute atomic E-state index is 0.0915. The minimum Gasteiger partial charge on any atom is -0.484 e. The molecule has 0 saturated carbocycles. The van der Waals surface area contributed by atoms with E-state index in [1.54, 1.807) is 41.8 Å². The van der Waals surface area contributed by atoms with E-state index in [0.717, 1.165) is 13.1 Å². The van der Waals surface area contributed by atoms with Crippen LogP contribution in [-0.4, -0.2) is 58.6 Å². The van der Waals surface area contributed by atoms with Crippen molar-refractivity contribution in [2.24, 2.45) is 5.92 Å². The first-order valence-electron chi connectivity index (χ1n) is 10.5. The van der Waals surface area contributed by atoms with Crippen molar-refractivity contribution in [3.8, 4) is 5.75 Å². The van der Waals surface area contributed by atoms with Gasteiger partial charge < -0.3 is 10.1 Å². The number of benzene rings is 1. The molecule has 7 nitrogen and oxygen atoms in total. The predicted molar refractivity (Wildman–Crippen MR) is 126 cm³/mol. The molecule has 1 aromatic heterocycles. The molecule has 0 radical (unpaired) electrons. The van der Waals surface area contributed by atoms with E-state index in [0.29, 0.717) is 23.9 Å². The van der Waals surface area contributed by atoms with Crippen LogP contribution in [0.1, 0.15) is 27.7 Å². The van der Waals surface area contributed by atoms with Crippen molar-refractivity contribution in [2.75, 3.05) is 37.6 Å².